The summed E-state index contributed by atoms with van der Waals surface area (Å²) in [6.45, 7) is 1.17. The predicted molar refractivity (Wildman–Crippen MR) is 104 cm³/mol. The minimum atomic E-state index is -4.19. The molecule has 2 aromatic rings. The number of benzene rings is 2. The molecular formula is C18H18ClN3O5S. The third-order valence-electron chi connectivity index (χ3n) is 4.33. The summed E-state index contributed by atoms with van der Waals surface area (Å²) in [6, 6.07) is 11.5. The maximum absolute atomic E-state index is 12.7. The summed E-state index contributed by atoms with van der Waals surface area (Å²) in [5, 5.41) is 10.3. The molecule has 10 heteroatoms. The molecule has 0 saturated heterocycles. The van der Waals surface area contributed by atoms with Gasteiger partial charge in [0.2, 0.25) is 10.0 Å². The Balaban J connectivity index is 1.85. The molecule has 28 heavy (non-hydrogen) atoms. The molecule has 1 heterocycles. The van der Waals surface area contributed by atoms with E-state index in [2.05, 4.69) is 5.43 Å². The Kier molecular flexibility index (Phi) is 5.59. The summed E-state index contributed by atoms with van der Waals surface area (Å²) in [4.78, 5) is 23.0. The number of hydrazine groups is 1. The Hall–Kier alpha value is -2.62. The molecule has 3 N–H and O–H groups in total. The largest absolute Gasteiger partial charge is 0.480 e. The molecule has 1 aliphatic rings. The van der Waals surface area contributed by atoms with E-state index in [-0.39, 0.29) is 21.5 Å². The van der Waals surface area contributed by atoms with E-state index in [0.29, 0.717) is 0 Å². The molecule has 1 atom stereocenters. The van der Waals surface area contributed by atoms with Gasteiger partial charge in [0.25, 0.3) is 5.91 Å². The number of carbonyl (C=O) groups excluding carboxylic acids is 1. The highest BCUT2D eigenvalue weighted by Crippen LogP contribution is 2.30. The van der Waals surface area contributed by atoms with Gasteiger partial charge in [-0.15, -0.1) is 0 Å². The van der Waals surface area contributed by atoms with E-state index in [1.165, 1.54) is 12.1 Å². The van der Waals surface area contributed by atoms with Crippen LogP contribution in [0.1, 0.15) is 22.8 Å². The molecule has 8 nitrogen and oxygen atoms in total. The standard InChI is InChI=1S/C18H18ClN3O5S/c1-11-8-12-4-2-3-5-15(12)22(11)21-18(25)13-6-7-14(19)16(9-13)28(26,27)20-10-17(23)24/h2-7,9,11,20H,8,10H2,1H3,(H,21,25)(H,23,24). The molecule has 1 amide bonds. The van der Waals surface area contributed by atoms with E-state index >= 15 is 0 Å². The Bertz CT molecular complexity index is 1040. The van der Waals surface area contributed by atoms with Crippen molar-refractivity contribution in [3.8, 4) is 0 Å². The van der Waals surface area contributed by atoms with Crippen LogP contribution in [0.5, 0.6) is 0 Å². The summed E-state index contributed by atoms with van der Waals surface area (Å²) >= 11 is 5.95. The van der Waals surface area contributed by atoms with Crippen LogP contribution in [-0.2, 0) is 21.2 Å². The number of carboxylic acid groups (broad SMARTS) is 1. The third-order valence-corrected chi connectivity index (χ3v) is 6.21. The number of carboxylic acids is 1. The lowest BCUT2D eigenvalue weighted by molar-refractivity contribution is -0.135. The zero-order valence-corrected chi connectivity index (χ0v) is 16.4. The first-order valence-electron chi connectivity index (χ1n) is 8.38. The molecule has 0 aromatic heterocycles. The highest BCUT2D eigenvalue weighted by Gasteiger charge is 2.28. The van der Waals surface area contributed by atoms with Crippen molar-refractivity contribution in [2.24, 2.45) is 0 Å². The number of aliphatic carboxylic acids is 1. The van der Waals surface area contributed by atoms with Gasteiger partial charge in [-0.25, -0.2) is 8.42 Å². The van der Waals surface area contributed by atoms with Gasteiger partial charge in [-0.05, 0) is 43.2 Å². The third kappa shape index (κ3) is 4.11. The van der Waals surface area contributed by atoms with Crippen LogP contribution < -0.4 is 15.2 Å². The average molecular weight is 424 g/mol. The molecule has 0 fully saturated rings. The minimum Gasteiger partial charge on any atom is -0.480 e. The van der Waals surface area contributed by atoms with Crippen molar-refractivity contribution in [3.63, 3.8) is 0 Å². The first-order chi connectivity index (χ1) is 13.2. The summed E-state index contributed by atoms with van der Waals surface area (Å²) < 4.78 is 26.5. The van der Waals surface area contributed by atoms with Crippen molar-refractivity contribution in [1.82, 2.24) is 10.1 Å². The normalized spacial score (nSPS) is 15.9. The molecule has 148 valence electrons. The van der Waals surface area contributed by atoms with Gasteiger partial charge in [-0.2, -0.15) is 4.72 Å². The van der Waals surface area contributed by atoms with E-state index in [0.717, 1.165) is 23.7 Å². The van der Waals surface area contributed by atoms with Crippen molar-refractivity contribution in [2.45, 2.75) is 24.3 Å². The Morgan fingerprint density at radius 2 is 1.96 bits per heavy atom. The smallest absolute Gasteiger partial charge is 0.318 e. The Morgan fingerprint density at radius 1 is 1.25 bits per heavy atom. The zero-order chi connectivity index (χ0) is 20.5. The first-order valence-corrected chi connectivity index (χ1v) is 10.2. The summed E-state index contributed by atoms with van der Waals surface area (Å²) in [5.41, 5.74) is 4.86. The zero-order valence-electron chi connectivity index (χ0n) is 14.8. The lowest BCUT2D eigenvalue weighted by atomic mass is 10.1. The van der Waals surface area contributed by atoms with Crippen molar-refractivity contribution < 1.29 is 23.1 Å². The van der Waals surface area contributed by atoms with Gasteiger partial charge in [0.15, 0.2) is 0 Å². The topological polar surface area (TPSA) is 116 Å². The van der Waals surface area contributed by atoms with Crippen LogP contribution in [0.2, 0.25) is 5.02 Å². The SMILES string of the molecule is CC1Cc2ccccc2N1NC(=O)c1ccc(Cl)c(S(=O)(=O)NCC(=O)O)c1. The predicted octanol–water partition coefficient (Wildman–Crippen LogP) is 1.80. The lowest BCUT2D eigenvalue weighted by Gasteiger charge is -2.25. The summed E-state index contributed by atoms with van der Waals surface area (Å²) in [6.07, 6.45) is 0.774. The first kappa shape index (κ1) is 20.1. The van der Waals surface area contributed by atoms with E-state index in [1.54, 1.807) is 5.01 Å². The fourth-order valence-corrected chi connectivity index (χ4v) is 4.49. The second-order valence-corrected chi connectivity index (χ2v) is 8.50. The number of amides is 1. The van der Waals surface area contributed by atoms with Crippen LogP contribution >= 0.6 is 11.6 Å². The fraction of sp³-hybridized carbons (Fsp3) is 0.222. The molecule has 3 rings (SSSR count). The van der Waals surface area contributed by atoms with Gasteiger partial charge in [0.05, 0.1) is 16.8 Å². The maximum atomic E-state index is 12.7. The van der Waals surface area contributed by atoms with Gasteiger partial charge < -0.3 is 5.11 Å². The quantitative estimate of drug-likeness (QED) is 0.652. The average Bonchev–Trinajstić information content (AvgIpc) is 2.96. The molecule has 0 saturated carbocycles. The van der Waals surface area contributed by atoms with Crippen LogP contribution in [-0.4, -0.2) is 38.0 Å². The number of para-hydroxylation sites is 1. The van der Waals surface area contributed by atoms with Crippen LogP contribution in [0.3, 0.4) is 0 Å². The fourth-order valence-electron chi connectivity index (χ4n) is 2.99. The van der Waals surface area contributed by atoms with E-state index in [4.69, 9.17) is 16.7 Å². The summed E-state index contributed by atoms with van der Waals surface area (Å²) in [7, 11) is -4.19. The van der Waals surface area contributed by atoms with Crippen molar-refractivity contribution in [3.05, 3.63) is 58.6 Å². The molecule has 1 aliphatic heterocycles. The monoisotopic (exact) mass is 423 g/mol. The Morgan fingerprint density at radius 3 is 2.68 bits per heavy atom. The maximum Gasteiger partial charge on any atom is 0.318 e. The van der Waals surface area contributed by atoms with Crippen LogP contribution in [0.4, 0.5) is 5.69 Å². The van der Waals surface area contributed by atoms with Crippen molar-refractivity contribution in [2.75, 3.05) is 11.6 Å². The van der Waals surface area contributed by atoms with Gasteiger partial charge >= 0.3 is 5.97 Å². The minimum absolute atomic E-state index is 0.0362. The highest BCUT2D eigenvalue weighted by molar-refractivity contribution is 7.89. The molecule has 0 aliphatic carbocycles. The second-order valence-electron chi connectivity index (χ2n) is 6.36. The van der Waals surface area contributed by atoms with Crippen molar-refractivity contribution in [1.29, 1.82) is 0 Å². The number of nitrogens with one attached hydrogen (secondary N) is 2. The number of anilines is 1. The second kappa shape index (κ2) is 7.78. The molecule has 0 radical (unpaired) electrons. The number of hydrogen-bond donors (Lipinski definition) is 3. The van der Waals surface area contributed by atoms with E-state index in [9.17, 15) is 18.0 Å². The molecular weight excluding hydrogens is 406 g/mol. The number of rotatable bonds is 6. The van der Waals surface area contributed by atoms with Gasteiger partial charge in [-0.3, -0.25) is 20.0 Å². The number of carbonyl (C=O) groups is 2. The van der Waals surface area contributed by atoms with Gasteiger partial charge in [0.1, 0.15) is 11.4 Å². The van der Waals surface area contributed by atoms with E-state index in [1.807, 2.05) is 35.9 Å². The number of halogens is 1. The lowest BCUT2D eigenvalue weighted by Crippen LogP contribution is -2.45. The van der Waals surface area contributed by atoms with E-state index < -0.39 is 28.4 Å². The molecule has 2 aromatic carbocycles. The number of hydrogen-bond acceptors (Lipinski definition) is 5. The van der Waals surface area contributed by atoms with Gasteiger partial charge in [0, 0.05) is 5.56 Å². The Labute approximate surface area is 167 Å². The highest BCUT2D eigenvalue weighted by atomic mass is 35.5. The van der Waals surface area contributed by atoms with Crippen LogP contribution in [0.25, 0.3) is 0 Å². The summed E-state index contributed by atoms with van der Waals surface area (Å²) in [5.74, 6) is -1.84. The van der Waals surface area contributed by atoms with Crippen LogP contribution in [0, 0.1) is 0 Å². The van der Waals surface area contributed by atoms with Crippen LogP contribution in [0.15, 0.2) is 47.4 Å². The number of nitrogens with zero attached hydrogens (tertiary/aromatic N) is 1. The molecule has 0 spiro atoms. The van der Waals surface area contributed by atoms with Gasteiger partial charge in [-0.1, -0.05) is 29.8 Å². The molecule has 0 bridgehead atoms. The number of sulfonamides is 1. The number of fused-ring (bicyclic) bond motifs is 1. The van der Waals surface area contributed by atoms with Crippen molar-refractivity contribution >= 4 is 39.2 Å². The molecule has 1 unspecified atom stereocenters.